The Morgan fingerprint density at radius 3 is 2.48 bits per heavy atom. The zero-order chi connectivity index (χ0) is 23.1. The van der Waals surface area contributed by atoms with Crippen molar-refractivity contribution in [3.63, 3.8) is 0 Å². The first kappa shape index (κ1) is 23.0. The number of fused-ring (bicyclic) bond motifs is 1. The van der Waals surface area contributed by atoms with E-state index in [1.54, 1.807) is 27.9 Å². The molecule has 0 N–H and O–H groups in total. The molecule has 166 valence electrons. The summed E-state index contributed by atoms with van der Waals surface area (Å²) in [4.78, 5) is 33.3. The number of hydrogen-bond acceptors (Lipinski definition) is 6. The lowest BCUT2D eigenvalue weighted by molar-refractivity contribution is -0.152. The maximum Gasteiger partial charge on any atom is 0.331 e. The van der Waals surface area contributed by atoms with E-state index in [0.29, 0.717) is 16.0 Å². The fourth-order valence-electron chi connectivity index (χ4n) is 3.89. The van der Waals surface area contributed by atoms with Crippen LogP contribution in [0.3, 0.4) is 0 Å². The third kappa shape index (κ3) is 3.87. The van der Waals surface area contributed by atoms with Gasteiger partial charge < -0.3 is 9.47 Å². The van der Waals surface area contributed by atoms with Crippen molar-refractivity contribution in [2.24, 2.45) is 0 Å². The lowest BCUT2D eigenvalue weighted by atomic mass is 9.99. The number of carbonyl (C=O) groups excluding carboxylic acids is 1. The first-order valence-corrected chi connectivity index (χ1v) is 11.2. The Kier molecular flexibility index (Phi) is 6.28. The molecule has 3 aromatic rings. The molecular weight excluding hydrogens is 412 g/mol. The SMILES string of the molecule is CCOC(=O)C(C)(C)n1c(C(C)C)nc2sc(C)c(-c3ccc(OC)c(C)c3)c2c1=O. The number of nitrogens with zero attached hydrogens (tertiary/aromatic N) is 2. The van der Waals surface area contributed by atoms with Crippen molar-refractivity contribution >= 4 is 27.5 Å². The smallest absolute Gasteiger partial charge is 0.331 e. The van der Waals surface area contributed by atoms with E-state index in [9.17, 15) is 9.59 Å². The van der Waals surface area contributed by atoms with E-state index < -0.39 is 11.5 Å². The number of esters is 1. The molecule has 0 amide bonds. The van der Waals surface area contributed by atoms with Crippen LogP contribution in [0.15, 0.2) is 23.0 Å². The molecule has 0 atom stereocenters. The molecule has 0 aliphatic rings. The molecule has 0 aliphatic heterocycles. The van der Waals surface area contributed by atoms with Gasteiger partial charge >= 0.3 is 5.97 Å². The summed E-state index contributed by atoms with van der Waals surface area (Å²) in [7, 11) is 1.64. The van der Waals surface area contributed by atoms with Crippen LogP contribution in [-0.4, -0.2) is 29.2 Å². The third-order valence-corrected chi connectivity index (χ3v) is 6.46. The molecule has 0 spiro atoms. The average molecular weight is 443 g/mol. The monoisotopic (exact) mass is 442 g/mol. The third-order valence-electron chi connectivity index (χ3n) is 5.46. The lowest BCUT2D eigenvalue weighted by Gasteiger charge is -2.28. The molecule has 0 saturated carbocycles. The van der Waals surface area contributed by atoms with Crippen LogP contribution in [0, 0.1) is 13.8 Å². The molecule has 3 rings (SSSR count). The minimum Gasteiger partial charge on any atom is -0.496 e. The van der Waals surface area contributed by atoms with E-state index in [1.165, 1.54) is 15.9 Å². The minimum atomic E-state index is -1.18. The van der Waals surface area contributed by atoms with Gasteiger partial charge in [-0.25, -0.2) is 9.78 Å². The normalized spacial score (nSPS) is 11.9. The summed E-state index contributed by atoms with van der Waals surface area (Å²) in [5.41, 5.74) is 1.36. The van der Waals surface area contributed by atoms with Crippen molar-refractivity contribution < 1.29 is 14.3 Å². The van der Waals surface area contributed by atoms with Crippen LogP contribution < -0.4 is 10.3 Å². The summed E-state index contributed by atoms with van der Waals surface area (Å²) in [5.74, 6) is 0.880. The summed E-state index contributed by atoms with van der Waals surface area (Å²) in [6, 6.07) is 5.88. The van der Waals surface area contributed by atoms with Gasteiger partial charge in [0, 0.05) is 16.4 Å². The molecule has 2 aromatic heterocycles. The van der Waals surface area contributed by atoms with E-state index >= 15 is 0 Å². The molecule has 0 fully saturated rings. The number of aromatic nitrogens is 2. The Bertz CT molecular complexity index is 1200. The largest absolute Gasteiger partial charge is 0.496 e. The van der Waals surface area contributed by atoms with E-state index in [1.807, 2.05) is 45.9 Å². The Balaban J connectivity index is 2.39. The van der Waals surface area contributed by atoms with Gasteiger partial charge in [-0.3, -0.25) is 9.36 Å². The summed E-state index contributed by atoms with van der Waals surface area (Å²) in [6.07, 6.45) is 0. The van der Waals surface area contributed by atoms with Crippen LogP contribution in [0.2, 0.25) is 0 Å². The molecule has 1 aromatic carbocycles. The van der Waals surface area contributed by atoms with Crippen LogP contribution in [0.4, 0.5) is 0 Å². The molecule has 7 heteroatoms. The second-order valence-corrected chi connectivity index (χ2v) is 9.65. The van der Waals surface area contributed by atoms with Crippen LogP contribution in [-0.2, 0) is 15.1 Å². The van der Waals surface area contributed by atoms with E-state index in [-0.39, 0.29) is 18.1 Å². The van der Waals surface area contributed by atoms with Crippen molar-refractivity contribution in [3.8, 4) is 16.9 Å². The van der Waals surface area contributed by atoms with Gasteiger partial charge in [-0.1, -0.05) is 19.9 Å². The van der Waals surface area contributed by atoms with Gasteiger partial charge in [0.05, 0.1) is 19.1 Å². The first-order chi connectivity index (χ1) is 14.5. The molecule has 0 unspecified atom stereocenters. The van der Waals surface area contributed by atoms with E-state index in [2.05, 4.69) is 0 Å². The first-order valence-electron chi connectivity index (χ1n) is 10.4. The highest BCUT2D eigenvalue weighted by Crippen LogP contribution is 2.38. The van der Waals surface area contributed by atoms with Crippen molar-refractivity contribution in [1.82, 2.24) is 9.55 Å². The Hall–Kier alpha value is -2.67. The predicted octanol–water partition coefficient (Wildman–Crippen LogP) is 5.17. The molecule has 0 radical (unpaired) electrons. The molecule has 0 bridgehead atoms. The van der Waals surface area contributed by atoms with Crippen molar-refractivity contribution in [2.75, 3.05) is 13.7 Å². The fraction of sp³-hybridized carbons (Fsp3) is 0.458. The van der Waals surface area contributed by atoms with Gasteiger partial charge in [0.25, 0.3) is 5.56 Å². The summed E-state index contributed by atoms with van der Waals surface area (Å²) < 4.78 is 12.2. The predicted molar refractivity (Wildman–Crippen MR) is 125 cm³/mol. The number of carbonyl (C=O) groups is 1. The Labute approximate surface area is 186 Å². The van der Waals surface area contributed by atoms with Gasteiger partial charge in [0.15, 0.2) is 0 Å². The fourth-order valence-corrected chi connectivity index (χ4v) is 4.93. The lowest BCUT2D eigenvalue weighted by Crippen LogP contribution is -2.46. The quantitative estimate of drug-likeness (QED) is 0.493. The zero-order valence-corrected chi connectivity index (χ0v) is 20.3. The molecule has 2 heterocycles. The number of ether oxygens (including phenoxy) is 2. The number of rotatable bonds is 6. The molecular formula is C24H30N2O4S. The maximum atomic E-state index is 13.9. The second-order valence-electron chi connectivity index (χ2n) is 8.44. The molecule has 31 heavy (non-hydrogen) atoms. The summed E-state index contributed by atoms with van der Waals surface area (Å²) in [6.45, 7) is 13.3. The molecule has 0 aliphatic carbocycles. The number of aryl methyl sites for hydroxylation is 2. The maximum absolute atomic E-state index is 13.9. The summed E-state index contributed by atoms with van der Waals surface area (Å²) >= 11 is 1.50. The van der Waals surface area contributed by atoms with E-state index in [0.717, 1.165) is 27.3 Å². The standard InChI is InChI=1S/C24H30N2O4S/c1-9-30-23(28)24(6,7)26-20(13(2)3)25-21-19(22(26)27)18(15(5)31-21)16-10-11-17(29-8)14(4)12-16/h10-13H,9H2,1-8H3. The van der Waals surface area contributed by atoms with Crippen LogP contribution >= 0.6 is 11.3 Å². The summed E-state index contributed by atoms with van der Waals surface area (Å²) in [5, 5.41) is 0.536. The van der Waals surface area contributed by atoms with Crippen molar-refractivity contribution in [2.45, 2.75) is 59.9 Å². The van der Waals surface area contributed by atoms with Crippen molar-refractivity contribution in [1.29, 1.82) is 0 Å². The number of benzene rings is 1. The second kappa shape index (κ2) is 8.46. The van der Waals surface area contributed by atoms with E-state index in [4.69, 9.17) is 14.5 Å². The van der Waals surface area contributed by atoms with Crippen LogP contribution in [0.5, 0.6) is 5.75 Å². The number of hydrogen-bond donors (Lipinski definition) is 0. The van der Waals surface area contributed by atoms with Gasteiger partial charge in [0.1, 0.15) is 21.9 Å². The van der Waals surface area contributed by atoms with Gasteiger partial charge in [-0.05, 0) is 57.9 Å². The van der Waals surface area contributed by atoms with Crippen molar-refractivity contribution in [3.05, 3.63) is 44.8 Å². The number of methoxy groups -OCH3 is 1. The van der Waals surface area contributed by atoms with Gasteiger partial charge in [0.2, 0.25) is 0 Å². The van der Waals surface area contributed by atoms with Crippen LogP contribution in [0.1, 0.15) is 56.8 Å². The average Bonchev–Trinajstić information content (AvgIpc) is 3.03. The number of thiophene rings is 1. The highest BCUT2D eigenvalue weighted by Gasteiger charge is 2.36. The van der Waals surface area contributed by atoms with Crippen LogP contribution in [0.25, 0.3) is 21.3 Å². The topological polar surface area (TPSA) is 70.4 Å². The van der Waals surface area contributed by atoms with Gasteiger partial charge in [-0.2, -0.15) is 0 Å². The van der Waals surface area contributed by atoms with Gasteiger partial charge in [-0.15, -0.1) is 11.3 Å². The Morgan fingerprint density at radius 2 is 1.94 bits per heavy atom. The zero-order valence-electron chi connectivity index (χ0n) is 19.5. The molecule has 6 nitrogen and oxygen atoms in total. The highest BCUT2D eigenvalue weighted by molar-refractivity contribution is 7.19. The molecule has 0 saturated heterocycles. The highest BCUT2D eigenvalue weighted by atomic mass is 32.1. The Morgan fingerprint density at radius 1 is 1.26 bits per heavy atom. The minimum absolute atomic E-state index is 0.0418.